The van der Waals surface area contributed by atoms with E-state index in [-0.39, 0.29) is 23.5 Å². The van der Waals surface area contributed by atoms with E-state index < -0.39 is 0 Å². The third-order valence-electron chi connectivity index (χ3n) is 6.07. The molecule has 0 aromatic carbocycles. The van der Waals surface area contributed by atoms with Crippen LogP contribution >= 0.6 is 0 Å². The van der Waals surface area contributed by atoms with E-state index >= 15 is 0 Å². The summed E-state index contributed by atoms with van der Waals surface area (Å²) in [6.07, 6.45) is 8.25. The summed E-state index contributed by atoms with van der Waals surface area (Å²) in [5.74, 6) is 2.43. The molecular weight excluding hydrogens is 242 g/mol. The lowest BCUT2D eigenvalue weighted by Gasteiger charge is -2.47. The van der Waals surface area contributed by atoms with Crippen molar-refractivity contribution in [3.63, 3.8) is 0 Å². The smallest absolute Gasteiger partial charge is 0.246 e. The fourth-order valence-electron chi connectivity index (χ4n) is 5.42. The molecule has 4 bridgehead atoms. The van der Waals surface area contributed by atoms with Crippen LogP contribution in [0.2, 0.25) is 0 Å². The van der Waals surface area contributed by atoms with Crippen molar-refractivity contribution in [3.8, 4) is 0 Å². The van der Waals surface area contributed by atoms with Crippen LogP contribution in [0.4, 0.5) is 0 Å². The van der Waals surface area contributed by atoms with E-state index in [0.29, 0.717) is 23.7 Å². The Kier molecular flexibility index (Phi) is 1.61. The maximum Gasteiger partial charge on any atom is 0.347 e. The minimum atomic E-state index is -0.124. The van der Waals surface area contributed by atoms with Crippen LogP contribution in [0.1, 0.15) is 31.3 Å². The quantitative estimate of drug-likeness (QED) is 0.643. The van der Waals surface area contributed by atoms with Gasteiger partial charge in [-0.1, -0.05) is 12.2 Å². The van der Waals surface area contributed by atoms with Gasteiger partial charge in [0.25, 0.3) is 0 Å². The maximum atomic E-state index is 12.2. The molecule has 6 rings (SSSR count). The molecule has 5 aliphatic rings. The lowest BCUT2D eigenvalue weighted by Crippen LogP contribution is -2.46. The first-order valence-electron chi connectivity index (χ1n) is 7.27. The van der Waals surface area contributed by atoms with Gasteiger partial charge in [-0.05, 0) is 42.9 Å². The van der Waals surface area contributed by atoms with Gasteiger partial charge in [-0.2, -0.15) is 0 Å². The Morgan fingerprint density at radius 2 is 1.42 bits per heavy atom. The van der Waals surface area contributed by atoms with Crippen molar-refractivity contribution in [1.82, 2.24) is 13.9 Å². The molecule has 1 aromatic rings. The van der Waals surface area contributed by atoms with Gasteiger partial charge >= 0.3 is 11.4 Å². The van der Waals surface area contributed by atoms with Crippen LogP contribution in [0.3, 0.4) is 0 Å². The van der Waals surface area contributed by atoms with Gasteiger partial charge in [-0.3, -0.25) is 0 Å². The van der Waals surface area contributed by atoms with Crippen LogP contribution in [-0.2, 0) is 7.05 Å². The standard InChI is InChI=1S/C14H17N3O2/c1-15-13(18)16-9-6-10(17(16)14(15)19)12-8-3-2-7(4-5-8)11(9)12/h2-3,7-12H,4-6H2,1H3/t7-,8-,9-,10-,11-,12-/m0/s1. The van der Waals surface area contributed by atoms with Crippen molar-refractivity contribution in [2.75, 3.05) is 0 Å². The Morgan fingerprint density at radius 1 is 0.947 bits per heavy atom. The molecule has 2 fully saturated rings. The summed E-state index contributed by atoms with van der Waals surface area (Å²) in [7, 11) is 1.60. The highest BCUT2D eigenvalue weighted by molar-refractivity contribution is 5.18. The zero-order valence-electron chi connectivity index (χ0n) is 10.9. The van der Waals surface area contributed by atoms with Crippen LogP contribution in [0.25, 0.3) is 0 Å². The summed E-state index contributed by atoms with van der Waals surface area (Å²) >= 11 is 0. The lowest BCUT2D eigenvalue weighted by atomic mass is 9.62. The number of allylic oxidation sites excluding steroid dienone is 2. The minimum absolute atomic E-state index is 0.124. The summed E-state index contributed by atoms with van der Waals surface area (Å²) in [5.41, 5.74) is -0.247. The first kappa shape index (κ1) is 10.3. The molecule has 100 valence electrons. The van der Waals surface area contributed by atoms with Crippen LogP contribution in [0.5, 0.6) is 0 Å². The Hall–Kier alpha value is -1.52. The molecular formula is C14H17N3O2. The van der Waals surface area contributed by atoms with Gasteiger partial charge in [-0.15, -0.1) is 0 Å². The fourth-order valence-corrected chi connectivity index (χ4v) is 5.42. The molecule has 6 atom stereocenters. The Morgan fingerprint density at radius 3 is 1.84 bits per heavy atom. The van der Waals surface area contributed by atoms with Crippen molar-refractivity contribution < 1.29 is 0 Å². The van der Waals surface area contributed by atoms with Gasteiger partial charge < -0.3 is 0 Å². The SMILES string of the molecule is Cn1c(=O)n2n(c1=O)[C@H]1C[C@H]2[C@H]2[C@H]1[C@H]1C=C[C@H]2CC1. The van der Waals surface area contributed by atoms with Crippen LogP contribution in [0.15, 0.2) is 21.7 Å². The van der Waals surface area contributed by atoms with Crippen molar-refractivity contribution in [3.05, 3.63) is 33.1 Å². The van der Waals surface area contributed by atoms with E-state index in [4.69, 9.17) is 0 Å². The predicted molar refractivity (Wildman–Crippen MR) is 69.0 cm³/mol. The van der Waals surface area contributed by atoms with Crippen molar-refractivity contribution in [2.45, 2.75) is 31.3 Å². The van der Waals surface area contributed by atoms with E-state index in [1.54, 1.807) is 16.4 Å². The molecule has 0 N–H and O–H groups in total. The number of fused-ring (bicyclic) bond motifs is 6. The highest BCUT2D eigenvalue weighted by Crippen LogP contribution is 2.62. The Labute approximate surface area is 110 Å². The molecule has 0 unspecified atom stereocenters. The summed E-state index contributed by atoms with van der Waals surface area (Å²) < 4.78 is 4.80. The molecule has 5 heteroatoms. The van der Waals surface area contributed by atoms with Crippen molar-refractivity contribution in [1.29, 1.82) is 0 Å². The molecule has 19 heavy (non-hydrogen) atoms. The summed E-state index contributed by atoms with van der Waals surface area (Å²) in [6.45, 7) is 0. The molecule has 4 aliphatic carbocycles. The van der Waals surface area contributed by atoms with Crippen LogP contribution in [0, 0.1) is 23.7 Å². The predicted octanol–water partition coefficient (Wildman–Crippen LogP) is 0.676. The highest BCUT2D eigenvalue weighted by atomic mass is 16.2. The molecule has 5 nitrogen and oxygen atoms in total. The minimum Gasteiger partial charge on any atom is -0.246 e. The maximum absolute atomic E-state index is 12.2. The fraction of sp³-hybridized carbons (Fsp3) is 0.714. The molecule has 0 amide bonds. The van der Waals surface area contributed by atoms with Gasteiger partial charge in [0.2, 0.25) is 0 Å². The van der Waals surface area contributed by atoms with Gasteiger partial charge in [0.1, 0.15) is 0 Å². The number of nitrogens with zero attached hydrogens (tertiary/aromatic N) is 3. The molecule has 1 aliphatic heterocycles. The van der Waals surface area contributed by atoms with Crippen LogP contribution < -0.4 is 11.4 Å². The van der Waals surface area contributed by atoms with Crippen molar-refractivity contribution in [2.24, 2.45) is 30.7 Å². The van der Waals surface area contributed by atoms with E-state index in [2.05, 4.69) is 12.2 Å². The summed E-state index contributed by atoms with van der Waals surface area (Å²) in [5, 5.41) is 0. The van der Waals surface area contributed by atoms with E-state index in [1.165, 1.54) is 17.4 Å². The first-order valence-corrected chi connectivity index (χ1v) is 7.27. The third kappa shape index (κ3) is 0.945. The van der Waals surface area contributed by atoms with Gasteiger partial charge in [-0.25, -0.2) is 23.5 Å². The van der Waals surface area contributed by atoms with Gasteiger partial charge in [0.05, 0.1) is 12.1 Å². The molecule has 2 saturated carbocycles. The topological polar surface area (TPSA) is 48.9 Å². The van der Waals surface area contributed by atoms with Gasteiger partial charge in [0, 0.05) is 7.05 Å². The Bertz CT molecular complexity index is 665. The second-order valence-corrected chi connectivity index (χ2v) is 6.63. The van der Waals surface area contributed by atoms with Crippen molar-refractivity contribution >= 4 is 0 Å². The van der Waals surface area contributed by atoms with Crippen LogP contribution in [-0.4, -0.2) is 13.9 Å². The number of hydrogen-bond acceptors (Lipinski definition) is 2. The normalized spacial score (nSPS) is 44.7. The largest absolute Gasteiger partial charge is 0.347 e. The van der Waals surface area contributed by atoms with Gasteiger partial charge in [0.15, 0.2) is 0 Å². The zero-order valence-corrected chi connectivity index (χ0v) is 10.9. The lowest BCUT2D eigenvalue weighted by molar-refractivity contribution is 0.0584. The third-order valence-corrected chi connectivity index (χ3v) is 6.07. The molecule has 1 aromatic heterocycles. The van der Waals surface area contributed by atoms with E-state index in [9.17, 15) is 9.59 Å². The monoisotopic (exact) mass is 259 g/mol. The molecule has 2 heterocycles. The average Bonchev–Trinajstić information content (AvgIpc) is 3.09. The second-order valence-electron chi connectivity index (χ2n) is 6.63. The number of aromatic nitrogens is 3. The summed E-state index contributed by atoms with van der Waals surface area (Å²) in [6, 6.07) is 0.517. The van der Waals surface area contributed by atoms with E-state index in [1.807, 2.05) is 0 Å². The molecule has 0 saturated heterocycles. The molecule has 0 radical (unpaired) electrons. The summed E-state index contributed by atoms with van der Waals surface area (Å²) in [4.78, 5) is 24.5. The second kappa shape index (κ2) is 2.97. The zero-order chi connectivity index (χ0) is 12.9. The average molecular weight is 259 g/mol. The number of hydrogen-bond donors (Lipinski definition) is 0. The Balaban J connectivity index is 1.78. The first-order chi connectivity index (χ1) is 9.18. The highest BCUT2D eigenvalue weighted by Gasteiger charge is 2.59. The number of rotatable bonds is 0. The molecule has 0 spiro atoms. The van der Waals surface area contributed by atoms with E-state index in [0.717, 1.165) is 6.42 Å².